The van der Waals surface area contributed by atoms with E-state index in [1.807, 2.05) is 34.7 Å². The number of nitrogens with two attached hydrogens (primary N) is 1. The van der Waals surface area contributed by atoms with Crippen molar-refractivity contribution in [2.24, 2.45) is 28.4 Å². The number of primary amides is 1. The molecule has 2 aliphatic heterocycles. The quantitative estimate of drug-likeness (QED) is 0.0112. The Morgan fingerprint density at radius 2 is 1.64 bits per heavy atom. The van der Waals surface area contributed by atoms with E-state index < -0.39 is 72.8 Å². The van der Waals surface area contributed by atoms with Crippen molar-refractivity contribution in [3.05, 3.63) is 125 Å². The topological polar surface area (TPSA) is 402 Å². The minimum atomic E-state index is -4.82. The Hall–Kier alpha value is -9.48. The van der Waals surface area contributed by atoms with Crippen molar-refractivity contribution in [1.82, 2.24) is 50.5 Å². The van der Waals surface area contributed by atoms with Crippen LogP contribution in [-0.4, -0.2) is 160 Å². The van der Waals surface area contributed by atoms with Crippen molar-refractivity contribution in [2.75, 3.05) is 54.6 Å². The Balaban J connectivity index is 0.739. The second-order valence-corrected chi connectivity index (χ2v) is 30.9. The first-order chi connectivity index (χ1) is 48.4. The molecular weight excluding hydrogens is 1350 g/mol. The van der Waals surface area contributed by atoms with E-state index in [-0.39, 0.29) is 92.8 Å². The van der Waals surface area contributed by atoms with Crippen LogP contribution in [0.2, 0.25) is 0 Å². The fourth-order valence-electron chi connectivity index (χ4n) is 15.3. The highest BCUT2D eigenvalue weighted by Gasteiger charge is 2.56. The number of rotatable bonds is 31. The number of carboxylic acid groups (broad SMARTS) is 1. The lowest BCUT2D eigenvalue weighted by Crippen LogP contribution is -2.55. The minimum Gasteiger partial charge on any atom is -0.476 e. The van der Waals surface area contributed by atoms with Crippen molar-refractivity contribution < 1.29 is 72.1 Å². The molecule has 10 rings (SSSR count). The van der Waals surface area contributed by atoms with Crippen LogP contribution in [0.5, 0.6) is 0 Å². The summed E-state index contributed by atoms with van der Waals surface area (Å²) in [6, 6.07) is 16.1. The van der Waals surface area contributed by atoms with Crippen LogP contribution < -0.4 is 37.2 Å². The fraction of sp³-hybridized carbons (Fsp3) is 0.479. The summed E-state index contributed by atoms with van der Waals surface area (Å²) >= 11 is 1.28. The van der Waals surface area contributed by atoms with Crippen molar-refractivity contribution >= 4 is 99.5 Å². The van der Waals surface area contributed by atoms with Gasteiger partial charge in [-0.15, -0.1) is 0 Å². The second kappa shape index (κ2) is 32.2. The maximum atomic E-state index is 13.9. The van der Waals surface area contributed by atoms with Crippen molar-refractivity contribution in [3.63, 3.8) is 0 Å². The Kier molecular flexibility index (Phi) is 23.8. The van der Waals surface area contributed by atoms with Crippen LogP contribution >= 0.6 is 18.9 Å². The number of aromatic nitrogens is 5. The lowest BCUT2D eigenvalue weighted by atomic mass is 9.51. The van der Waals surface area contributed by atoms with E-state index in [2.05, 4.69) is 57.3 Å². The molecule has 6 heterocycles. The number of pyridine rings is 2. The molecule has 31 heteroatoms. The second-order valence-electron chi connectivity index (χ2n) is 28.4. The van der Waals surface area contributed by atoms with E-state index in [9.17, 15) is 62.6 Å². The number of benzene rings is 2. The molecule has 2 aliphatic carbocycles. The molecule has 4 unspecified atom stereocenters. The molecule has 102 heavy (non-hydrogen) atoms. The number of anilines is 3. The van der Waals surface area contributed by atoms with Gasteiger partial charge < -0.3 is 56.3 Å². The number of aromatic carboxylic acids is 1. The first kappa shape index (κ1) is 75.2. The van der Waals surface area contributed by atoms with Crippen LogP contribution in [0, 0.1) is 29.6 Å². The normalized spacial score (nSPS) is 20.0. The van der Waals surface area contributed by atoms with Gasteiger partial charge >= 0.3 is 25.7 Å². The van der Waals surface area contributed by atoms with Gasteiger partial charge in [0.05, 0.1) is 18.4 Å². The third-order valence-corrected chi connectivity index (χ3v) is 20.8. The molecule has 4 aliphatic rings. The van der Waals surface area contributed by atoms with E-state index in [4.69, 9.17) is 25.3 Å². The molecule has 4 aromatic heterocycles. The molecule has 2 saturated carbocycles. The molecule has 2 bridgehead atoms. The van der Waals surface area contributed by atoms with Crippen molar-refractivity contribution in [3.8, 4) is 11.1 Å². The van der Waals surface area contributed by atoms with Gasteiger partial charge in [-0.2, -0.15) is 5.10 Å². The molecule has 0 radical (unpaired) electrons. The number of urea groups is 1. The van der Waals surface area contributed by atoms with Gasteiger partial charge in [0, 0.05) is 92.1 Å². The van der Waals surface area contributed by atoms with Crippen LogP contribution in [0.3, 0.4) is 0 Å². The number of fused-ring (bicyclic) bond motifs is 4. The van der Waals surface area contributed by atoms with Crippen LogP contribution in [0.4, 0.5) is 26.2 Å². The Morgan fingerprint density at radius 3 is 2.35 bits per heavy atom. The number of hydrogen-bond donors (Lipinski definition) is 9. The zero-order valence-electron chi connectivity index (χ0n) is 58.1. The monoisotopic (exact) mass is 1440 g/mol. The summed E-state index contributed by atoms with van der Waals surface area (Å²) in [5, 5.41) is 29.7. The summed E-state index contributed by atoms with van der Waals surface area (Å²) in [6.45, 7) is 13.1. The molecule has 0 spiro atoms. The predicted molar refractivity (Wildman–Crippen MR) is 380 cm³/mol. The molecule has 9 amide bonds. The van der Waals surface area contributed by atoms with E-state index >= 15 is 0 Å². The van der Waals surface area contributed by atoms with Crippen LogP contribution in [-0.2, 0) is 64.1 Å². The van der Waals surface area contributed by atoms with Crippen LogP contribution in [0.25, 0.3) is 21.5 Å². The summed E-state index contributed by atoms with van der Waals surface area (Å²) in [5.41, 5.74) is 9.36. The first-order valence-electron chi connectivity index (χ1n) is 34.3. The third-order valence-electron chi connectivity index (χ3n) is 19.2. The van der Waals surface area contributed by atoms with E-state index in [0.29, 0.717) is 114 Å². The Bertz CT molecular complexity index is 4190. The van der Waals surface area contributed by atoms with Gasteiger partial charge in [-0.25, -0.2) is 29.3 Å². The highest BCUT2D eigenvalue weighted by atomic mass is 32.1. The smallest absolute Gasteiger partial charge is 0.410 e. The van der Waals surface area contributed by atoms with Crippen molar-refractivity contribution in [2.45, 2.75) is 156 Å². The van der Waals surface area contributed by atoms with Gasteiger partial charge in [0.2, 0.25) is 17.7 Å². The summed E-state index contributed by atoms with van der Waals surface area (Å²) in [6.07, 6.45) is 10.0. The fourth-order valence-corrected chi connectivity index (χ4v) is 16.8. The third kappa shape index (κ3) is 19.2. The standard InChI is InChI=1S/C71H89N14O15PS/c1-43(2)59(80-56(86)17-8-7-9-29-84-57(87)24-25-58(84)88)63(91)77-53(15-11-28-74-66(72)94)62(90)76-48-20-18-46(19-21-48)37-99-68(95)83(42-101(96,97)98)31-32-100-71-34-44(3)33-69(5,39-71)38-70(6,40-71)41-85-45(4)51(35-75-85)49-22-23-55(79-60(49)65(92)93)82-30-26-47-13-10-14-50(52(47)36-82)61(89)81-67-78-54-16-12-27-73-64(54)102-67/h10,12-14,16,18-25,27,35,43-44,53,59H,7-9,11,15,17,26,28-34,36-42H2,1-6H3,(H,76,90)(H,77,91)(H,80,86)(H,92,93)(H3,72,74,94)(H,78,81,89)(H2,96,97,98)/t44?,53-,59-,69?,70?,71?/m0/s1. The molecule has 6 aromatic rings. The van der Waals surface area contributed by atoms with Gasteiger partial charge in [-0.05, 0) is 153 Å². The Labute approximate surface area is 594 Å². The van der Waals surface area contributed by atoms with Crippen LogP contribution in [0.15, 0.2) is 91.3 Å². The van der Waals surface area contributed by atoms with Crippen molar-refractivity contribution in [1.29, 1.82) is 0 Å². The molecule has 544 valence electrons. The molecular formula is C71H89N14O15PS. The number of ether oxygens (including phenoxy) is 2. The lowest BCUT2D eigenvalue weighted by Gasteiger charge is -2.58. The number of carboxylic acids is 1. The summed E-state index contributed by atoms with van der Waals surface area (Å²) < 4.78 is 27.0. The van der Waals surface area contributed by atoms with Crippen LogP contribution in [0.1, 0.15) is 148 Å². The minimum absolute atomic E-state index is 0.0671. The van der Waals surface area contributed by atoms with Gasteiger partial charge in [-0.1, -0.05) is 76.6 Å². The average Bonchev–Trinajstić information content (AvgIpc) is 0.738. The number of nitrogens with zero attached hydrogens (tertiary/aromatic N) is 8. The number of carbonyl (C=O) groups is 9. The maximum Gasteiger partial charge on any atom is 0.410 e. The summed E-state index contributed by atoms with van der Waals surface area (Å²) in [5.74, 6) is -3.57. The maximum absolute atomic E-state index is 13.9. The number of imide groups is 1. The van der Waals surface area contributed by atoms with Gasteiger partial charge in [0.15, 0.2) is 10.8 Å². The molecule has 2 aromatic carbocycles. The predicted octanol–water partition coefficient (Wildman–Crippen LogP) is 8.43. The zero-order chi connectivity index (χ0) is 73.3. The zero-order valence-corrected chi connectivity index (χ0v) is 59.8. The molecule has 29 nitrogen and oxygen atoms in total. The molecule has 0 saturated heterocycles. The van der Waals surface area contributed by atoms with E-state index in [1.165, 1.54) is 23.5 Å². The molecule has 10 N–H and O–H groups in total. The SMILES string of the molecule is Cc1c(-c2ccc(N3CCc4cccc(C(=O)Nc5nc6cccnc6s5)c4C3)nc2C(=O)O)cnn1CC1(C)CC2(C)CC(C)CC(OCCN(CP(=O)(O)O)C(=O)OCc3ccc(NC(=O)[C@H](CCCNC(N)=O)NC(=O)[C@@H](NC(=O)CCCCCN4C(=O)C=CC4=O)C(C)C)cc3)(C2)C1. The largest absolute Gasteiger partial charge is 0.476 e. The molecule has 6 atom stereocenters. The number of thiazole rings is 1. The number of amides is 9. The van der Waals surface area contributed by atoms with Gasteiger partial charge in [0.1, 0.15) is 41.1 Å². The molecule has 2 fully saturated rings. The van der Waals surface area contributed by atoms with Gasteiger partial charge in [-0.3, -0.25) is 53.1 Å². The number of carbonyl (C=O) groups excluding carboxylic acids is 8. The average molecular weight is 1440 g/mol. The first-order valence-corrected chi connectivity index (χ1v) is 36.9. The number of unbranched alkanes of at least 4 members (excludes halogenated alkanes) is 2. The summed E-state index contributed by atoms with van der Waals surface area (Å²) in [4.78, 5) is 155. The highest BCUT2D eigenvalue weighted by Crippen LogP contribution is 2.60. The lowest BCUT2D eigenvalue weighted by molar-refractivity contribution is -0.178. The highest BCUT2D eigenvalue weighted by molar-refractivity contribution is 7.51. The van der Waals surface area contributed by atoms with E-state index in [0.717, 1.165) is 39.5 Å². The summed E-state index contributed by atoms with van der Waals surface area (Å²) in [7, 11) is -4.82. The van der Waals surface area contributed by atoms with E-state index in [1.54, 1.807) is 74.8 Å². The number of hydrogen-bond acceptors (Lipinski definition) is 18. The van der Waals surface area contributed by atoms with Gasteiger partial charge in [0.25, 0.3) is 17.7 Å². The number of nitrogens with one attached hydrogen (secondary N) is 5. The Morgan fingerprint density at radius 1 is 0.873 bits per heavy atom.